The van der Waals surface area contributed by atoms with E-state index in [1.165, 1.54) is 0 Å². The number of amides is 2. The summed E-state index contributed by atoms with van der Waals surface area (Å²) in [5.41, 5.74) is -0.681. The Morgan fingerprint density at radius 3 is 2.24 bits per heavy atom. The van der Waals surface area contributed by atoms with E-state index in [-0.39, 0.29) is 18.0 Å². The normalized spacial score (nSPS) is 26.0. The Morgan fingerprint density at radius 2 is 1.68 bits per heavy atom. The fourth-order valence-corrected chi connectivity index (χ4v) is 3.84. The molecule has 0 bridgehead atoms. The van der Waals surface area contributed by atoms with E-state index in [9.17, 15) is 9.59 Å². The fourth-order valence-electron chi connectivity index (χ4n) is 3.84. The molecule has 1 aliphatic carbocycles. The summed E-state index contributed by atoms with van der Waals surface area (Å²) in [5, 5.41) is 12.0. The van der Waals surface area contributed by atoms with Gasteiger partial charge >= 0.3 is 12.0 Å². The van der Waals surface area contributed by atoms with Gasteiger partial charge in [-0.3, -0.25) is 4.79 Å². The molecule has 2 aliphatic rings. The van der Waals surface area contributed by atoms with Crippen LogP contribution in [-0.2, 0) is 10.5 Å². The Bertz CT molecular complexity index is 606. The third-order valence-electron chi connectivity index (χ3n) is 5.54. The summed E-state index contributed by atoms with van der Waals surface area (Å²) < 4.78 is 15.1. The molecule has 3 rings (SSSR count). The first-order valence-corrected chi connectivity index (χ1v) is 9.01. The van der Waals surface area contributed by atoms with E-state index >= 15 is 4.39 Å². The average Bonchev–Trinajstić information content (AvgIpc) is 2.63. The number of alkyl halides is 1. The van der Waals surface area contributed by atoms with Gasteiger partial charge in [-0.15, -0.1) is 0 Å². The van der Waals surface area contributed by atoms with Gasteiger partial charge in [-0.05, 0) is 31.2 Å². The second kappa shape index (κ2) is 7.42. The summed E-state index contributed by atoms with van der Waals surface area (Å²) in [7, 11) is 0. The van der Waals surface area contributed by atoms with Gasteiger partial charge in [0, 0.05) is 32.0 Å². The van der Waals surface area contributed by atoms with Crippen LogP contribution in [0.15, 0.2) is 30.3 Å². The predicted octanol–water partition coefficient (Wildman–Crippen LogP) is 3.30. The number of halogens is 1. The van der Waals surface area contributed by atoms with Crippen LogP contribution >= 0.6 is 0 Å². The highest BCUT2D eigenvalue weighted by Crippen LogP contribution is 2.36. The summed E-state index contributed by atoms with van der Waals surface area (Å²) >= 11 is 0. The highest BCUT2D eigenvalue weighted by Gasteiger charge is 2.38. The molecule has 1 aliphatic heterocycles. The topological polar surface area (TPSA) is 69.6 Å². The lowest BCUT2D eigenvalue weighted by Crippen LogP contribution is -2.50. The molecule has 2 N–H and O–H groups in total. The molecule has 0 radical (unpaired) electrons. The molecule has 1 saturated heterocycles. The quantitative estimate of drug-likeness (QED) is 0.880. The van der Waals surface area contributed by atoms with Crippen LogP contribution in [0.3, 0.4) is 0 Å². The van der Waals surface area contributed by atoms with E-state index in [0.717, 1.165) is 0 Å². The molecule has 0 spiro atoms. The van der Waals surface area contributed by atoms with E-state index in [0.29, 0.717) is 57.2 Å². The van der Waals surface area contributed by atoms with Crippen LogP contribution < -0.4 is 5.32 Å². The van der Waals surface area contributed by atoms with Gasteiger partial charge in [0.05, 0.1) is 5.92 Å². The molecule has 1 saturated carbocycles. The number of hydrogen-bond donors (Lipinski definition) is 2. The number of urea groups is 1. The molecule has 5 nitrogen and oxygen atoms in total. The van der Waals surface area contributed by atoms with Crippen LogP contribution in [0, 0.1) is 5.92 Å². The van der Waals surface area contributed by atoms with E-state index in [2.05, 4.69) is 5.32 Å². The van der Waals surface area contributed by atoms with E-state index in [1.54, 1.807) is 17.0 Å². The van der Waals surface area contributed by atoms with E-state index in [4.69, 9.17) is 5.11 Å². The molecule has 2 amide bonds. The van der Waals surface area contributed by atoms with Crippen molar-refractivity contribution < 1.29 is 19.1 Å². The van der Waals surface area contributed by atoms with Crippen LogP contribution in [0.1, 0.15) is 44.1 Å². The zero-order valence-electron chi connectivity index (χ0n) is 14.3. The minimum Gasteiger partial charge on any atom is -0.481 e. The first-order chi connectivity index (χ1) is 12.0. The van der Waals surface area contributed by atoms with Crippen LogP contribution in [0.5, 0.6) is 0 Å². The van der Waals surface area contributed by atoms with Crippen LogP contribution in [-0.4, -0.2) is 41.1 Å². The minimum absolute atomic E-state index is 0.0225. The molecular weight excluding hydrogens is 323 g/mol. The molecule has 1 aromatic rings. The van der Waals surface area contributed by atoms with Gasteiger partial charge < -0.3 is 15.3 Å². The zero-order valence-corrected chi connectivity index (χ0v) is 14.3. The maximum Gasteiger partial charge on any atom is 0.317 e. The van der Waals surface area contributed by atoms with Crippen molar-refractivity contribution in [3.05, 3.63) is 35.9 Å². The Balaban J connectivity index is 1.48. The number of hydrogen-bond acceptors (Lipinski definition) is 2. The van der Waals surface area contributed by atoms with Gasteiger partial charge in [0.1, 0.15) is 5.67 Å². The highest BCUT2D eigenvalue weighted by molar-refractivity contribution is 5.75. The van der Waals surface area contributed by atoms with Gasteiger partial charge in [0.25, 0.3) is 0 Å². The molecule has 136 valence electrons. The first-order valence-electron chi connectivity index (χ1n) is 9.01. The number of benzene rings is 1. The molecule has 0 aromatic heterocycles. The minimum atomic E-state index is -1.36. The predicted molar refractivity (Wildman–Crippen MR) is 91.9 cm³/mol. The van der Waals surface area contributed by atoms with Crippen molar-refractivity contribution >= 4 is 12.0 Å². The lowest BCUT2D eigenvalue weighted by molar-refractivity contribution is -0.142. The Kier molecular flexibility index (Phi) is 5.25. The fraction of sp³-hybridized carbons (Fsp3) is 0.579. The zero-order chi connectivity index (χ0) is 17.9. The van der Waals surface area contributed by atoms with Crippen molar-refractivity contribution in [2.75, 3.05) is 13.1 Å². The summed E-state index contributed by atoms with van der Waals surface area (Å²) in [6.07, 6.45) is 3.18. The Morgan fingerprint density at radius 1 is 1.08 bits per heavy atom. The average molecular weight is 348 g/mol. The third-order valence-corrected chi connectivity index (χ3v) is 5.54. The monoisotopic (exact) mass is 348 g/mol. The second-order valence-electron chi connectivity index (χ2n) is 7.15. The third kappa shape index (κ3) is 4.11. The molecule has 1 heterocycles. The number of nitrogens with zero attached hydrogens (tertiary/aromatic N) is 1. The molecular formula is C19H25FN2O3. The number of carboxylic acids is 1. The van der Waals surface area contributed by atoms with Crippen LogP contribution in [0.2, 0.25) is 0 Å². The van der Waals surface area contributed by atoms with Crippen LogP contribution in [0.4, 0.5) is 9.18 Å². The Labute approximate surface area is 147 Å². The van der Waals surface area contributed by atoms with Crippen molar-refractivity contribution in [2.24, 2.45) is 5.92 Å². The summed E-state index contributed by atoms with van der Waals surface area (Å²) in [6.45, 7) is 0.781. The van der Waals surface area contributed by atoms with Crippen molar-refractivity contribution in [1.82, 2.24) is 10.2 Å². The lowest BCUT2D eigenvalue weighted by Gasteiger charge is -2.37. The van der Waals surface area contributed by atoms with Crippen molar-refractivity contribution in [1.29, 1.82) is 0 Å². The number of aliphatic carboxylic acids is 1. The molecule has 0 unspecified atom stereocenters. The number of nitrogens with one attached hydrogen (secondary N) is 1. The van der Waals surface area contributed by atoms with E-state index in [1.807, 2.05) is 18.2 Å². The SMILES string of the molecule is O=C(O)C1CCC(NC(=O)N2CCC(F)(c3ccccc3)CC2)CC1. The van der Waals surface area contributed by atoms with E-state index < -0.39 is 11.6 Å². The van der Waals surface area contributed by atoms with Crippen LogP contribution in [0.25, 0.3) is 0 Å². The van der Waals surface area contributed by atoms with Gasteiger partial charge in [-0.2, -0.15) is 0 Å². The molecule has 6 heteroatoms. The van der Waals surface area contributed by atoms with Gasteiger partial charge in [-0.1, -0.05) is 30.3 Å². The molecule has 0 atom stereocenters. The van der Waals surface area contributed by atoms with Crippen molar-refractivity contribution in [3.8, 4) is 0 Å². The van der Waals surface area contributed by atoms with Gasteiger partial charge in [0.2, 0.25) is 0 Å². The number of carbonyl (C=O) groups is 2. The number of carbonyl (C=O) groups excluding carboxylic acids is 1. The van der Waals surface area contributed by atoms with Gasteiger partial charge in [-0.25, -0.2) is 9.18 Å². The molecule has 2 fully saturated rings. The Hall–Kier alpha value is -2.11. The molecule has 1 aromatic carbocycles. The summed E-state index contributed by atoms with van der Waals surface area (Å²) in [4.78, 5) is 25.1. The summed E-state index contributed by atoms with van der Waals surface area (Å²) in [5.74, 6) is -1.04. The second-order valence-corrected chi connectivity index (χ2v) is 7.15. The molecule has 25 heavy (non-hydrogen) atoms. The van der Waals surface area contributed by atoms with Gasteiger partial charge in [0.15, 0.2) is 0 Å². The van der Waals surface area contributed by atoms with Crippen molar-refractivity contribution in [3.63, 3.8) is 0 Å². The maximum atomic E-state index is 15.1. The standard InChI is InChI=1S/C19H25FN2O3/c20-19(15-4-2-1-3-5-15)10-12-22(13-11-19)18(25)21-16-8-6-14(7-9-16)17(23)24/h1-5,14,16H,6-13H2,(H,21,25)(H,23,24). The first kappa shape index (κ1) is 17.7. The maximum absolute atomic E-state index is 15.1. The van der Waals surface area contributed by atoms with Crippen molar-refractivity contribution in [2.45, 2.75) is 50.2 Å². The number of piperidine rings is 1. The highest BCUT2D eigenvalue weighted by atomic mass is 19.1. The summed E-state index contributed by atoms with van der Waals surface area (Å²) in [6, 6.07) is 9.01. The number of rotatable bonds is 3. The number of carboxylic acid groups (broad SMARTS) is 1. The largest absolute Gasteiger partial charge is 0.481 e. The smallest absolute Gasteiger partial charge is 0.317 e. The lowest BCUT2D eigenvalue weighted by atomic mass is 9.85. The number of likely N-dealkylation sites (tertiary alicyclic amines) is 1.